The third kappa shape index (κ3) is 22.3. The third-order valence-electron chi connectivity index (χ3n) is 6.59. The minimum absolute atomic E-state index is 0.0132. The number of aliphatic carboxylic acids is 2. The first-order chi connectivity index (χ1) is 18.4. The molecule has 0 aromatic rings. The zero-order chi connectivity index (χ0) is 29.6. The summed E-state index contributed by atoms with van der Waals surface area (Å²) in [6.45, 7) is 11.2. The number of carboxylic acids is 2. The van der Waals surface area contributed by atoms with Crippen LogP contribution in [0.5, 0.6) is 0 Å². The van der Waals surface area contributed by atoms with Crippen LogP contribution in [0.15, 0.2) is 0 Å². The van der Waals surface area contributed by atoms with Crippen LogP contribution in [0.2, 0.25) is 0 Å². The summed E-state index contributed by atoms with van der Waals surface area (Å²) in [5.74, 6) is -1.12. The molecule has 3 atom stereocenters. The molecule has 0 aliphatic heterocycles. The highest BCUT2D eigenvalue weighted by molar-refractivity contribution is 5.76. The van der Waals surface area contributed by atoms with Crippen molar-refractivity contribution in [1.82, 2.24) is 21.3 Å². The first kappa shape index (κ1) is 36.8. The Bertz CT molecular complexity index is 701. The fourth-order valence-electron chi connectivity index (χ4n) is 4.31. The Balaban J connectivity index is 3.94. The molecule has 0 fully saturated rings. The fraction of sp³-hybridized carbons (Fsp3) is 0.862. The highest BCUT2D eigenvalue weighted by Crippen LogP contribution is 2.09. The Morgan fingerprint density at radius 3 is 1.51 bits per heavy atom. The van der Waals surface area contributed by atoms with Gasteiger partial charge in [0.1, 0.15) is 12.1 Å². The molecule has 2 amide bonds. The summed E-state index contributed by atoms with van der Waals surface area (Å²) in [7, 11) is 0. The number of hydrogen-bond acceptors (Lipinski definition) is 6. The Labute approximate surface area is 235 Å². The SMILES string of the molecule is CC(C)CCC(=O)NCCCCC[C@H](NC(C)CCCC(=O)NCCCCC[C@H](NC(C)C)C(=O)O)C(=O)O. The molecular formula is C29H56N4O6. The minimum Gasteiger partial charge on any atom is -0.480 e. The summed E-state index contributed by atoms with van der Waals surface area (Å²) < 4.78 is 0. The molecule has 0 heterocycles. The smallest absolute Gasteiger partial charge is 0.320 e. The van der Waals surface area contributed by atoms with Gasteiger partial charge in [0.25, 0.3) is 0 Å². The van der Waals surface area contributed by atoms with E-state index >= 15 is 0 Å². The van der Waals surface area contributed by atoms with Gasteiger partial charge in [-0.05, 0) is 57.8 Å². The number of hydrogen-bond donors (Lipinski definition) is 6. The first-order valence-corrected chi connectivity index (χ1v) is 14.9. The van der Waals surface area contributed by atoms with E-state index in [1.807, 2.05) is 20.8 Å². The standard InChI is InChI=1S/C29H56N4O6/c1-21(2)17-18-27(35)31-20-11-7-9-15-25(29(38)39)33-23(5)13-12-16-26(34)30-19-10-6-8-14-24(28(36)37)32-22(3)4/h21-25,32-33H,6-20H2,1-5H3,(H,30,34)(H,31,35)(H,36,37)(H,38,39)/t23?,24-,25-/m0/s1. The Morgan fingerprint density at radius 2 is 1.05 bits per heavy atom. The molecule has 6 N–H and O–H groups in total. The molecule has 0 rings (SSSR count). The van der Waals surface area contributed by atoms with Gasteiger partial charge in [-0.25, -0.2) is 0 Å². The Morgan fingerprint density at radius 1 is 0.564 bits per heavy atom. The molecule has 0 saturated carbocycles. The number of amides is 2. The van der Waals surface area contributed by atoms with Crippen molar-refractivity contribution >= 4 is 23.8 Å². The molecule has 0 saturated heterocycles. The van der Waals surface area contributed by atoms with Gasteiger partial charge in [-0.2, -0.15) is 0 Å². The lowest BCUT2D eigenvalue weighted by atomic mass is 10.0. The maximum absolute atomic E-state index is 12.1. The number of rotatable bonds is 25. The fourth-order valence-corrected chi connectivity index (χ4v) is 4.31. The molecular weight excluding hydrogens is 500 g/mol. The molecule has 0 aromatic carbocycles. The van der Waals surface area contributed by atoms with E-state index in [1.54, 1.807) is 0 Å². The average Bonchev–Trinajstić information content (AvgIpc) is 2.84. The zero-order valence-corrected chi connectivity index (χ0v) is 25.0. The lowest BCUT2D eigenvalue weighted by Gasteiger charge is -2.20. The van der Waals surface area contributed by atoms with E-state index in [9.17, 15) is 29.4 Å². The zero-order valence-electron chi connectivity index (χ0n) is 25.0. The summed E-state index contributed by atoms with van der Waals surface area (Å²) in [5, 5.41) is 30.8. The van der Waals surface area contributed by atoms with Gasteiger partial charge in [0.2, 0.25) is 11.8 Å². The molecule has 0 aromatic heterocycles. The van der Waals surface area contributed by atoms with E-state index < -0.39 is 24.0 Å². The number of carbonyl (C=O) groups excluding carboxylic acids is 2. The monoisotopic (exact) mass is 556 g/mol. The number of carboxylic acid groups (broad SMARTS) is 2. The second kappa shape index (κ2) is 22.6. The molecule has 10 nitrogen and oxygen atoms in total. The van der Waals surface area contributed by atoms with Gasteiger partial charge >= 0.3 is 11.9 Å². The normalized spacial score (nSPS) is 13.7. The van der Waals surface area contributed by atoms with Crippen molar-refractivity contribution in [2.24, 2.45) is 5.92 Å². The summed E-state index contributed by atoms with van der Waals surface area (Å²) in [4.78, 5) is 46.7. The largest absolute Gasteiger partial charge is 0.480 e. The second-order valence-electron chi connectivity index (χ2n) is 11.4. The van der Waals surface area contributed by atoms with Crippen molar-refractivity contribution in [2.75, 3.05) is 13.1 Å². The van der Waals surface area contributed by atoms with Crippen LogP contribution >= 0.6 is 0 Å². The van der Waals surface area contributed by atoms with Crippen molar-refractivity contribution in [3.8, 4) is 0 Å². The van der Waals surface area contributed by atoms with Gasteiger partial charge in [-0.1, -0.05) is 53.4 Å². The van der Waals surface area contributed by atoms with Gasteiger partial charge in [0.05, 0.1) is 0 Å². The lowest BCUT2D eigenvalue weighted by Crippen LogP contribution is -2.42. The van der Waals surface area contributed by atoms with Crippen molar-refractivity contribution in [1.29, 1.82) is 0 Å². The van der Waals surface area contributed by atoms with Crippen LogP contribution in [0.25, 0.3) is 0 Å². The van der Waals surface area contributed by atoms with E-state index in [0.717, 1.165) is 44.9 Å². The van der Waals surface area contributed by atoms with Crippen LogP contribution in [0.4, 0.5) is 0 Å². The number of carbonyl (C=O) groups is 4. The molecule has 228 valence electrons. The summed E-state index contributed by atoms with van der Waals surface area (Å²) in [5.41, 5.74) is 0. The van der Waals surface area contributed by atoms with E-state index in [2.05, 4.69) is 35.1 Å². The lowest BCUT2D eigenvalue weighted by molar-refractivity contribution is -0.140. The van der Waals surface area contributed by atoms with E-state index in [4.69, 9.17) is 0 Å². The van der Waals surface area contributed by atoms with E-state index in [1.165, 1.54) is 0 Å². The van der Waals surface area contributed by atoms with E-state index in [-0.39, 0.29) is 23.9 Å². The molecule has 1 unspecified atom stereocenters. The quantitative estimate of drug-likeness (QED) is 0.0927. The summed E-state index contributed by atoms with van der Waals surface area (Å²) in [6.07, 6.45) is 9.23. The van der Waals surface area contributed by atoms with E-state index in [0.29, 0.717) is 57.5 Å². The average molecular weight is 557 g/mol. The summed E-state index contributed by atoms with van der Waals surface area (Å²) in [6, 6.07) is -1.05. The Kier molecular flexibility index (Phi) is 21.3. The molecule has 0 bridgehead atoms. The molecule has 0 aliphatic carbocycles. The predicted molar refractivity (Wildman–Crippen MR) is 155 cm³/mol. The van der Waals surface area contributed by atoms with Crippen LogP contribution in [0.1, 0.15) is 118 Å². The van der Waals surface area contributed by atoms with Crippen LogP contribution in [0, 0.1) is 5.92 Å². The second-order valence-corrected chi connectivity index (χ2v) is 11.4. The Hall–Kier alpha value is -2.20. The number of nitrogens with one attached hydrogen (secondary N) is 4. The van der Waals surface area contributed by atoms with Crippen LogP contribution < -0.4 is 21.3 Å². The van der Waals surface area contributed by atoms with Crippen LogP contribution in [0.3, 0.4) is 0 Å². The van der Waals surface area contributed by atoms with Crippen LogP contribution in [-0.2, 0) is 19.2 Å². The number of unbranched alkanes of at least 4 members (excludes halogenated alkanes) is 4. The molecule has 0 aliphatic rings. The van der Waals surface area contributed by atoms with Crippen molar-refractivity contribution < 1.29 is 29.4 Å². The maximum Gasteiger partial charge on any atom is 0.320 e. The maximum atomic E-state index is 12.1. The van der Waals surface area contributed by atoms with Gasteiger partial charge in [-0.3, -0.25) is 19.2 Å². The molecule has 0 radical (unpaired) electrons. The molecule has 0 spiro atoms. The van der Waals surface area contributed by atoms with Crippen molar-refractivity contribution in [3.63, 3.8) is 0 Å². The minimum atomic E-state index is -0.865. The first-order valence-electron chi connectivity index (χ1n) is 14.9. The molecule has 10 heteroatoms. The van der Waals surface area contributed by atoms with Crippen LogP contribution in [-0.4, -0.2) is 71.2 Å². The molecule has 39 heavy (non-hydrogen) atoms. The van der Waals surface area contributed by atoms with Gasteiger partial charge in [-0.15, -0.1) is 0 Å². The van der Waals surface area contributed by atoms with Gasteiger partial charge in [0.15, 0.2) is 0 Å². The van der Waals surface area contributed by atoms with Gasteiger partial charge < -0.3 is 31.5 Å². The van der Waals surface area contributed by atoms with Crippen molar-refractivity contribution in [3.05, 3.63) is 0 Å². The summed E-state index contributed by atoms with van der Waals surface area (Å²) >= 11 is 0. The highest BCUT2D eigenvalue weighted by Gasteiger charge is 2.19. The van der Waals surface area contributed by atoms with Gasteiger partial charge in [0, 0.05) is 38.0 Å². The highest BCUT2D eigenvalue weighted by atomic mass is 16.4. The predicted octanol–water partition coefficient (Wildman–Crippen LogP) is 3.83. The van der Waals surface area contributed by atoms with Crippen molar-refractivity contribution in [2.45, 2.75) is 142 Å². The third-order valence-corrected chi connectivity index (χ3v) is 6.59. The topological polar surface area (TPSA) is 157 Å².